The number of aliphatic hydroxyl groups is 1. The van der Waals surface area contributed by atoms with Crippen LogP contribution in [0.15, 0.2) is 30.5 Å². The van der Waals surface area contributed by atoms with E-state index >= 15 is 0 Å². The number of aliphatic hydroxyl groups excluding tert-OH is 1. The van der Waals surface area contributed by atoms with E-state index in [4.69, 9.17) is 19.4 Å². The lowest BCUT2D eigenvalue weighted by molar-refractivity contribution is -0.129. The number of carboxylic acid groups (broad SMARTS) is 1. The standard InChI is InChI=1S/C20H27FN4O4.CH2O2/c1-25(11-14-5-7-22-24-14)12-18-20(27)16(6-8-29-18)23-19(26)10-13-3-4-17(28-2)15(21)9-13;2-1-3/h3-5,7,9,16,18,20,27H,6,8,10-12H2,1-2H3,(H,22,24)(H,23,26);1H,(H,2,3)/t16-,18+,20-;/m0./s1. The maximum Gasteiger partial charge on any atom is 0.290 e. The van der Waals surface area contributed by atoms with E-state index in [0.717, 1.165) is 5.69 Å². The summed E-state index contributed by atoms with van der Waals surface area (Å²) in [7, 11) is 3.32. The molecule has 3 rings (SSSR count). The van der Waals surface area contributed by atoms with Gasteiger partial charge in [0.2, 0.25) is 5.91 Å². The lowest BCUT2D eigenvalue weighted by Crippen LogP contribution is -2.56. The van der Waals surface area contributed by atoms with E-state index in [2.05, 4.69) is 15.5 Å². The molecule has 0 unspecified atom stereocenters. The minimum absolute atomic E-state index is 0.0232. The second-order valence-corrected chi connectivity index (χ2v) is 7.39. The Labute approximate surface area is 185 Å². The Bertz CT molecular complexity index is 851. The Kier molecular flexibility index (Phi) is 10.1. The summed E-state index contributed by atoms with van der Waals surface area (Å²) in [6.45, 7) is 1.35. The number of aromatic amines is 1. The van der Waals surface area contributed by atoms with Gasteiger partial charge in [0, 0.05) is 31.6 Å². The van der Waals surface area contributed by atoms with Crippen LogP contribution in [-0.2, 0) is 27.3 Å². The number of likely N-dealkylation sites (N-methyl/N-ethyl adjacent to an activating group) is 1. The largest absolute Gasteiger partial charge is 0.494 e. The number of hydrogen-bond donors (Lipinski definition) is 4. The predicted molar refractivity (Wildman–Crippen MR) is 113 cm³/mol. The number of carbonyl (C=O) groups is 2. The van der Waals surface area contributed by atoms with Gasteiger partial charge < -0.3 is 25.0 Å². The van der Waals surface area contributed by atoms with Gasteiger partial charge in [-0.2, -0.15) is 5.10 Å². The number of rotatable bonds is 8. The van der Waals surface area contributed by atoms with Gasteiger partial charge in [0.1, 0.15) is 6.10 Å². The molecule has 1 aromatic heterocycles. The maximum atomic E-state index is 13.8. The van der Waals surface area contributed by atoms with Gasteiger partial charge in [0.05, 0.1) is 25.7 Å². The van der Waals surface area contributed by atoms with Crippen molar-refractivity contribution >= 4 is 12.4 Å². The van der Waals surface area contributed by atoms with E-state index in [1.54, 1.807) is 12.3 Å². The zero-order valence-electron chi connectivity index (χ0n) is 18.0. The van der Waals surface area contributed by atoms with Gasteiger partial charge in [-0.05, 0) is 37.2 Å². The van der Waals surface area contributed by atoms with E-state index in [1.807, 2.05) is 18.0 Å². The van der Waals surface area contributed by atoms with Crippen molar-refractivity contribution in [1.82, 2.24) is 20.4 Å². The van der Waals surface area contributed by atoms with Crippen molar-refractivity contribution in [1.29, 1.82) is 0 Å². The summed E-state index contributed by atoms with van der Waals surface area (Å²) >= 11 is 0. The third-order valence-corrected chi connectivity index (χ3v) is 4.97. The van der Waals surface area contributed by atoms with Crippen LogP contribution in [0.25, 0.3) is 0 Å². The first-order valence-corrected chi connectivity index (χ1v) is 10.0. The monoisotopic (exact) mass is 452 g/mol. The van der Waals surface area contributed by atoms with Crippen LogP contribution >= 0.6 is 0 Å². The minimum Gasteiger partial charge on any atom is -0.494 e. The number of nitrogens with zero attached hydrogens (tertiary/aromatic N) is 2. The molecule has 1 aliphatic rings. The Morgan fingerprint density at radius 2 is 2.22 bits per heavy atom. The summed E-state index contributed by atoms with van der Waals surface area (Å²) in [5, 5.41) is 27.2. The van der Waals surface area contributed by atoms with Crippen LogP contribution in [0.3, 0.4) is 0 Å². The minimum atomic E-state index is -0.829. The van der Waals surface area contributed by atoms with Crippen molar-refractivity contribution in [3.8, 4) is 5.75 Å². The van der Waals surface area contributed by atoms with Crippen molar-refractivity contribution in [2.75, 3.05) is 27.3 Å². The molecule has 2 aromatic rings. The molecule has 2 heterocycles. The molecule has 32 heavy (non-hydrogen) atoms. The van der Waals surface area contributed by atoms with Crippen molar-refractivity contribution < 1.29 is 33.7 Å². The molecule has 0 radical (unpaired) electrons. The molecule has 0 aliphatic carbocycles. The van der Waals surface area contributed by atoms with Crippen molar-refractivity contribution in [3.63, 3.8) is 0 Å². The molecule has 1 amide bonds. The highest BCUT2D eigenvalue weighted by molar-refractivity contribution is 5.79. The first-order chi connectivity index (χ1) is 15.4. The SMILES string of the molecule is COc1ccc(CC(=O)N[C@H]2CCO[C@H](CN(C)Cc3ccn[nH]3)[C@H]2O)cc1F.O=CO. The van der Waals surface area contributed by atoms with Gasteiger partial charge in [-0.1, -0.05) is 6.07 Å². The molecule has 0 spiro atoms. The third-order valence-electron chi connectivity index (χ3n) is 4.97. The molecule has 1 saturated heterocycles. The highest BCUT2D eigenvalue weighted by Gasteiger charge is 2.34. The molecule has 10 nitrogen and oxygen atoms in total. The highest BCUT2D eigenvalue weighted by atomic mass is 19.1. The van der Waals surface area contributed by atoms with Gasteiger partial charge in [-0.3, -0.25) is 19.6 Å². The molecule has 1 fully saturated rings. The average molecular weight is 452 g/mol. The van der Waals surface area contributed by atoms with Crippen molar-refractivity contribution in [2.45, 2.75) is 37.6 Å². The first-order valence-electron chi connectivity index (χ1n) is 10.0. The number of amides is 1. The van der Waals surface area contributed by atoms with Crippen LogP contribution in [0.2, 0.25) is 0 Å². The van der Waals surface area contributed by atoms with E-state index in [9.17, 15) is 14.3 Å². The molecular formula is C21H29FN4O6. The predicted octanol–water partition coefficient (Wildman–Crippen LogP) is 0.567. The summed E-state index contributed by atoms with van der Waals surface area (Å²) < 4.78 is 24.4. The Hall–Kier alpha value is -3.02. The quantitative estimate of drug-likeness (QED) is 0.427. The molecule has 11 heteroatoms. The Balaban J connectivity index is 0.00000114. The van der Waals surface area contributed by atoms with E-state index in [-0.39, 0.29) is 24.5 Å². The maximum absolute atomic E-state index is 13.8. The van der Waals surface area contributed by atoms with Crippen molar-refractivity contribution in [3.05, 3.63) is 47.5 Å². The van der Waals surface area contributed by atoms with Gasteiger partial charge >= 0.3 is 0 Å². The number of benzene rings is 1. The number of nitrogens with one attached hydrogen (secondary N) is 2. The van der Waals surface area contributed by atoms with Gasteiger partial charge in [-0.25, -0.2) is 4.39 Å². The fraction of sp³-hybridized carbons (Fsp3) is 0.476. The Morgan fingerprint density at radius 1 is 1.47 bits per heavy atom. The van der Waals surface area contributed by atoms with Crippen LogP contribution < -0.4 is 10.1 Å². The summed E-state index contributed by atoms with van der Waals surface area (Å²) in [6, 6.07) is 5.90. The molecule has 4 N–H and O–H groups in total. The summed E-state index contributed by atoms with van der Waals surface area (Å²) in [5.74, 6) is -0.648. The van der Waals surface area contributed by atoms with Crippen LogP contribution in [0.1, 0.15) is 17.7 Å². The van der Waals surface area contributed by atoms with Crippen molar-refractivity contribution in [2.24, 2.45) is 0 Å². The molecular weight excluding hydrogens is 423 g/mol. The summed E-state index contributed by atoms with van der Waals surface area (Å²) in [4.78, 5) is 22.8. The van der Waals surface area contributed by atoms with E-state index < -0.39 is 24.1 Å². The number of H-pyrrole nitrogens is 1. The molecule has 0 bridgehead atoms. The smallest absolute Gasteiger partial charge is 0.290 e. The molecule has 3 atom stereocenters. The lowest BCUT2D eigenvalue weighted by Gasteiger charge is -2.37. The molecule has 176 valence electrons. The first kappa shape index (κ1) is 25.2. The fourth-order valence-corrected chi connectivity index (χ4v) is 3.49. The van der Waals surface area contributed by atoms with Gasteiger partial charge in [-0.15, -0.1) is 0 Å². The average Bonchev–Trinajstić information content (AvgIpc) is 3.24. The summed E-state index contributed by atoms with van der Waals surface area (Å²) in [6.07, 6.45) is 0.986. The molecule has 0 saturated carbocycles. The van der Waals surface area contributed by atoms with E-state index in [0.29, 0.717) is 31.7 Å². The third kappa shape index (κ3) is 7.59. The van der Waals surface area contributed by atoms with E-state index in [1.165, 1.54) is 19.2 Å². The van der Waals surface area contributed by atoms with Gasteiger partial charge in [0.15, 0.2) is 11.6 Å². The number of halogens is 1. The van der Waals surface area contributed by atoms with Crippen LogP contribution in [0, 0.1) is 5.82 Å². The summed E-state index contributed by atoms with van der Waals surface area (Å²) in [5.41, 5.74) is 1.51. The van der Waals surface area contributed by atoms with Crippen LogP contribution in [0.5, 0.6) is 5.75 Å². The second kappa shape index (κ2) is 12.7. The lowest BCUT2D eigenvalue weighted by atomic mass is 9.98. The van der Waals surface area contributed by atoms with Crippen LogP contribution in [-0.4, -0.2) is 83.2 Å². The zero-order valence-corrected chi connectivity index (χ0v) is 18.0. The highest BCUT2D eigenvalue weighted by Crippen LogP contribution is 2.19. The Morgan fingerprint density at radius 3 is 2.84 bits per heavy atom. The molecule has 1 aliphatic heterocycles. The molecule has 1 aromatic carbocycles. The number of carbonyl (C=O) groups excluding carboxylic acids is 1. The number of aromatic nitrogens is 2. The number of methoxy groups -OCH3 is 1. The number of ether oxygens (including phenoxy) is 2. The fourth-order valence-electron chi connectivity index (χ4n) is 3.49. The normalized spacial score (nSPS) is 20.2. The topological polar surface area (TPSA) is 137 Å². The number of hydrogen-bond acceptors (Lipinski definition) is 7. The zero-order chi connectivity index (χ0) is 23.5. The van der Waals surface area contributed by atoms with Gasteiger partial charge in [0.25, 0.3) is 6.47 Å². The van der Waals surface area contributed by atoms with Crippen LogP contribution in [0.4, 0.5) is 4.39 Å². The second-order valence-electron chi connectivity index (χ2n) is 7.39.